The number of aromatic nitrogens is 2. The van der Waals surface area contributed by atoms with Crippen LogP contribution in [0, 0.1) is 17.6 Å². The maximum Gasteiger partial charge on any atom is 0.329 e. The number of carbonyl (C=O) groups excluding carboxylic acids is 4. The third-order valence-electron chi connectivity index (χ3n) is 13.3. The summed E-state index contributed by atoms with van der Waals surface area (Å²) in [6.45, 7) is 3.72. The molecule has 9 rings (SSSR count). The number of imide groups is 1. The van der Waals surface area contributed by atoms with Gasteiger partial charge in [-0.1, -0.05) is 54.9 Å². The highest BCUT2D eigenvalue weighted by Crippen LogP contribution is 2.56. The lowest BCUT2D eigenvalue weighted by Gasteiger charge is -2.43. The molecule has 0 unspecified atom stereocenters. The first-order valence-electron chi connectivity index (χ1n) is 20.8. The molecular weight excluding hydrogens is 820 g/mol. The van der Waals surface area contributed by atoms with Crippen LogP contribution in [0.25, 0.3) is 22.0 Å². The van der Waals surface area contributed by atoms with E-state index < -0.39 is 35.1 Å². The molecule has 5 amide bonds. The van der Waals surface area contributed by atoms with Gasteiger partial charge in [-0.15, -0.1) is 0 Å². The first-order chi connectivity index (χ1) is 29.8. The van der Waals surface area contributed by atoms with Crippen LogP contribution in [0.15, 0.2) is 66.7 Å². The number of anilines is 1. The van der Waals surface area contributed by atoms with Gasteiger partial charge in [0.05, 0.1) is 23.2 Å². The fourth-order valence-electron chi connectivity index (χ4n) is 9.82. The number of carbonyl (C=O) groups is 4. The van der Waals surface area contributed by atoms with Crippen LogP contribution in [-0.2, 0) is 22.2 Å². The number of rotatable bonds is 10. The second-order valence-corrected chi connectivity index (χ2v) is 17.1. The molecule has 2 atom stereocenters. The van der Waals surface area contributed by atoms with Gasteiger partial charge in [-0.3, -0.25) is 29.3 Å². The number of ether oxygens (including phenoxy) is 2. The van der Waals surface area contributed by atoms with Gasteiger partial charge in [0.15, 0.2) is 23.0 Å². The molecule has 4 aliphatic rings. The number of methoxy groups -OCH3 is 1. The topological polar surface area (TPSA) is 161 Å². The van der Waals surface area contributed by atoms with Crippen LogP contribution >= 0.6 is 11.6 Å². The number of likely N-dealkylation sites (tertiary alicyclic amines) is 1. The second-order valence-electron chi connectivity index (χ2n) is 16.8. The van der Waals surface area contributed by atoms with E-state index in [0.29, 0.717) is 43.9 Å². The quantitative estimate of drug-likeness (QED) is 0.137. The van der Waals surface area contributed by atoms with E-state index in [2.05, 4.69) is 21.8 Å². The van der Waals surface area contributed by atoms with E-state index in [9.17, 15) is 19.2 Å². The largest absolute Gasteiger partial charge is 0.494 e. The third-order valence-corrected chi connectivity index (χ3v) is 13.7. The molecule has 0 spiro atoms. The molecule has 62 heavy (non-hydrogen) atoms. The van der Waals surface area contributed by atoms with E-state index in [-0.39, 0.29) is 75.9 Å². The fraction of sp³-hybridized carbons (Fsp3) is 0.370. The van der Waals surface area contributed by atoms with Crippen molar-refractivity contribution in [1.29, 1.82) is 0 Å². The van der Waals surface area contributed by atoms with E-state index in [1.54, 1.807) is 4.68 Å². The number of fused-ring (bicyclic) bond motifs is 2. The highest BCUT2D eigenvalue weighted by Gasteiger charge is 2.50. The van der Waals surface area contributed by atoms with Gasteiger partial charge >= 0.3 is 6.03 Å². The van der Waals surface area contributed by atoms with Gasteiger partial charge in [0.2, 0.25) is 17.7 Å². The Balaban J connectivity index is 0.876. The van der Waals surface area contributed by atoms with E-state index >= 15 is 8.78 Å². The number of benzene rings is 4. The van der Waals surface area contributed by atoms with E-state index in [1.807, 2.05) is 61.3 Å². The Hall–Kier alpha value is -6.06. The molecule has 5 aromatic rings. The Morgan fingerprint density at radius 2 is 1.77 bits per heavy atom. The second kappa shape index (κ2) is 16.0. The summed E-state index contributed by atoms with van der Waals surface area (Å²) in [5.41, 5.74) is 7.41. The van der Waals surface area contributed by atoms with Crippen molar-refractivity contribution in [2.75, 3.05) is 38.2 Å². The predicted octanol–water partition coefficient (Wildman–Crippen LogP) is 6.89. The predicted molar refractivity (Wildman–Crippen MR) is 228 cm³/mol. The summed E-state index contributed by atoms with van der Waals surface area (Å²) in [4.78, 5) is 54.0. The van der Waals surface area contributed by atoms with Gasteiger partial charge in [-0.2, -0.15) is 5.10 Å². The summed E-state index contributed by atoms with van der Waals surface area (Å²) in [7, 11) is 3.12. The maximum absolute atomic E-state index is 16.2. The Kier molecular flexibility index (Phi) is 10.7. The first-order valence-corrected chi connectivity index (χ1v) is 21.2. The molecule has 0 radical (unpaired) electrons. The number of hydrogen-bond donors (Lipinski definition) is 3. The molecule has 2 saturated heterocycles. The summed E-state index contributed by atoms with van der Waals surface area (Å²) in [5.74, 6) is -2.71. The minimum absolute atomic E-state index is 0.0147. The van der Waals surface area contributed by atoms with E-state index in [1.165, 1.54) is 30.2 Å². The molecule has 4 heterocycles. The molecule has 1 aliphatic carbocycles. The van der Waals surface area contributed by atoms with Gasteiger partial charge in [-0.05, 0) is 61.1 Å². The van der Waals surface area contributed by atoms with Crippen molar-refractivity contribution in [3.8, 4) is 22.6 Å². The number of halogens is 3. The van der Waals surface area contributed by atoms with Gasteiger partial charge < -0.3 is 25.4 Å². The number of hydrogen-bond acceptors (Lipinski definition) is 8. The highest BCUT2D eigenvalue weighted by atomic mass is 35.5. The molecule has 1 aromatic heterocycles. The number of amides is 5. The molecule has 1 saturated carbocycles. The van der Waals surface area contributed by atoms with Gasteiger partial charge in [0.25, 0.3) is 0 Å². The summed E-state index contributed by atoms with van der Waals surface area (Å²) in [6.07, 6.45) is 3.14. The van der Waals surface area contributed by atoms with Crippen molar-refractivity contribution < 1.29 is 37.4 Å². The molecule has 322 valence electrons. The number of nitrogens with zero attached hydrogens (tertiary/aromatic N) is 4. The number of aryl methyl sites for hydroxylation is 1. The van der Waals surface area contributed by atoms with Gasteiger partial charge in [0, 0.05) is 91.6 Å². The zero-order valence-corrected chi connectivity index (χ0v) is 35.2. The smallest absolute Gasteiger partial charge is 0.329 e. The minimum atomic E-state index is -1.08. The lowest BCUT2D eigenvalue weighted by molar-refractivity contribution is -0.141. The lowest BCUT2D eigenvalue weighted by atomic mass is 9.77. The average Bonchev–Trinajstić information content (AvgIpc) is 3.72. The Bertz CT molecular complexity index is 2650. The van der Waals surface area contributed by atoms with Crippen molar-refractivity contribution in [2.45, 2.75) is 62.5 Å². The summed E-state index contributed by atoms with van der Waals surface area (Å²) in [6, 6.07) is 19.0. The van der Waals surface area contributed by atoms with Crippen LogP contribution in [0.5, 0.6) is 11.5 Å². The summed E-state index contributed by atoms with van der Waals surface area (Å²) >= 11 is 6.67. The third kappa shape index (κ3) is 6.91. The Morgan fingerprint density at radius 1 is 1.03 bits per heavy atom. The van der Waals surface area contributed by atoms with Gasteiger partial charge in [-0.25, -0.2) is 13.6 Å². The van der Waals surface area contributed by atoms with Crippen LogP contribution in [0.1, 0.15) is 77.9 Å². The van der Waals surface area contributed by atoms with E-state index in [0.717, 1.165) is 34.9 Å². The first kappa shape index (κ1) is 41.3. The monoisotopic (exact) mass is 865 g/mol. The van der Waals surface area contributed by atoms with Crippen molar-refractivity contribution in [2.24, 2.45) is 18.7 Å². The minimum Gasteiger partial charge on any atom is -0.494 e. The zero-order chi connectivity index (χ0) is 43.6. The summed E-state index contributed by atoms with van der Waals surface area (Å²) in [5, 5.41) is 11.1. The molecule has 3 aliphatic heterocycles. The molecule has 16 heteroatoms. The Labute approximate surface area is 361 Å². The standard InChI is InChI=1S/C46H46ClF2N7O6/c1-24-37-35(20-32(48)40(47)39(37)38-31(42(50)58)15-16-34(61-3)41(38)49)62-46(24,28-7-5-4-6-8-28)23-51-29-12-9-25(10-13-29)44(59)55-21-27(22-55)26-11-14-30-33(19-26)54(2)53-43(30)56-18-17-36(57)52-45(56)60/h4-8,11,14-16,19-20,24-25,27,29,51H,9-10,12-13,17-18,21-23H2,1-3H3,(H2,50,58)(H,52,57,60)/t24-,25?,29?,46-/m0/s1. The normalized spacial score (nSPS) is 22.6. The SMILES string of the molecule is COc1ccc(C(N)=O)c(-c2c(Cl)c(F)cc3c2[C@H](C)[C@@](CNC2CCC(C(=O)N4CC(c5ccc6c(N7CCC(=O)NC7=O)nn(C)c6c5)C4)CC2)(c2ccccc2)O3)c1F. The van der Waals surface area contributed by atoms with Crippen molar-refractivity contribution >= 4 is 52.1 Å². The van der Waals surface area contributed by atoms with Crippen molar-refractivity contribution in [3.05, 3.63) is 106 Å². The zero-order valence-electron chi connectivity index (χ0n) is 34.5. The molecular formula is C46H46ClF2N7O6. The molecule has 4 N–H and O–H groups in total. The number of urea groups is 1. The van der Waals surface area contributed by atoms with Crippen LogP contribution in [-0.4, -0.2) is 77.8 Å². The molecule has 3 fully saturated rings. The molecule has 4 aromatic carbocycles. The van der Waals surface area contributed by atoms with Crippen LogP contribution in [0.2, 0.25) is 5.02 Å². The maximum atomic E-state index is 16.2. The van der Waals surface area contributed by atoms with Gasteiger partial charge in [0.1, 0.15) is 11.6 Å². The van der Waals surface area contributed by atoms with Crippen LogP contribution in [0.4, 0.5) is 19.4 Å². The number of nitrogens with one attached hydrogen (secondary N) is 2. The van der Waals surface area contributed by atoms with Crippen molar-refractivity contribution in [3.63, 3.8) is 0 Å². The lowest BCUT2D eigenvalue weighted by Crippen LogP contribution is -2.52. The molecule has 13 nitrogen and oxygen atoms in total. The number of nitrogens with two attached hydrogens (primary N) is 1. The fourth-order valence-corrected chi connectivity index (χ4v) is 10.1. The van der Waals surface area contributed by atoms with Crippen molar-refractivity contribution in [1.82, 2.24) is 25.3 Å². The van der Waals surface area contributed by atoms with Crippen LogP contribution in [0.3, 0.4) is 0 Å². The highest BCUT2D eigenvalue weighted by molar-refractivity contribution is 6.34. The average molecular weight is 866 g/mol. The number of primary amides is 1. The molecule has 0 bridgehead atoms. The van der Waals surface area contributed by atoms with E-state index in [4.69, 9.17) is 26.8 Å². The summed E-state index contributed by atoms with van der Waals surface area (Å²) < 4.78 is 45.6. The Morgan fingerprint density at radius 3 is 2.47 bits per heavy atom. The van der Waals surface area contributed by atoms with Crippen LogP contribution < -0.4 is 30.7 Å².